The number of allylic oxidation sites excluding steroid dienone is 2. The molecule has 1 heterocycles. The predicted octanol–water partition coefficient (Wildman–Crippen LogP) is 3.00. The molecular weight excluding hydrogens is 592 g/mol. The van der Waals surface area contributed by atoms with Crippen LogP contribution in [0.5, 0.6) is 0 Å². The lowest BCUT2D eigenvalue weighted by atomic mass is 9.33. The van der Waals surface area contributed by atoms with E-state index in [1.807, 2.05) is 0 Å². The Bertz CT molecular complexity index is 1250. The van der Waals surface area contributed by atoms with Crippen molar-refractivity contribution in [1.29, 1.82) is 0 Å². The SMILES string of the molecule is CC1(C)C[C@@H](O)[C@]2(C(=O)O)CC[C@]3(C)C(=CC[C@@H]4[C@@]5(C)[C@@H](O)C[C@H](O[C@@H]6O[C@H](CO)[C@@H](O)[C@H](O)[C@H]6O)C(C)(C)[C@@H]5CC[C@]43C)[C@@H]2C1. The zero-order valence-electron chi connectivity index (χ0n) is 28.6. The van der Waals surface area contributed by atoms with Gasteiger partial charge < -0.3 is 45.2 Å². The van der Waals surface area contributed by atoms with E-state index < -0.39 is 77.8 Å². The second-order valence-corrected chi connectivity index (χ2v) is 18.0. The van der Waals surface area contributed by atoms with Gasteiger partial charge in [-0.05, 0) is 84.4 Å². The Morgan fingerprint density at radius 3 is 2.20 bits per heavy atom. The van der Waals surface area contributed by atoms with Crippen LogP contribution < -0.4 is 0 Å². The molecule has 4 saturated carbocycles. The fraction of sp³-hybridized carbons (Fsp3) is 0.917. The first-order valence-electron chi connectivity index (χ1n) is 17.5. The van der Waals surface area contributed by atoms with E-state index in [0.717, 1.165) is 25.7 Å². The number of hydrogen-bond donors (Lipinski definition) is 7. The Hall–Kier alpha value is -1.11. The van der Waals surface area contributed by atoms with E-state index in [1.165, 1.54) is 5.57 Å². The van der Waals surface area contributed by atoms with Crippen molar-refractivity contribution in [3.8, 4) is 0 Å². The lowest BCUT2D eigenvalue weighted by molar-refractivity contribution is -0.337. The van der Waals surface area contributed by atoms with Crippen LogP contribution in [0.2, 0.25) is 0 Å². The molecule has 0 aromatic carbocycles. The molecule has 7 N–H and O–H groups in total. The fourth-order valence-electron chi connectivity index (χ4n) is 12.3. The minimum Gasteiger partial charge on any atom is -0.481 e. The van der Waals surface area contributed by atoms with Crippen molar-refractivity contribution in [3.05, 3.63) is 11.6 Å². The van der Waals surface area contributed by atoms with E-state index in [1.54, 1.807) is 0 Å². The highest BCUT2D eigenvalue weighted by Crippen LogP contribution is 2.76. The number of aliphatic carboxylic acids is 1. The van der Waals surface area contributed by atoms with Crippen molar-refractivity contribution in [3.63, 3.8) is 0 Å². The van der Waals surface area contributed by atoms with Crippen LogP contribution in [0.25, 0.3) is 0 Å². The number of aliphatic hydroxyl groups excluding tert-OH is 6. The lowest BCUT2D eigenvalue weighted by Gasteiger charge is -2.72. The number of carbonyl (C=O) groups is 1. The van der Waals surface area contributed by atoms with Gasteiger partial charge in [-0.2, -0.15) is 0 Å². The molecule has 0 bridgehead atoms. The average molecular weight is 651 g/mol. The van der Waals surface area contributed by atoms with Crippen molar-refractivity contribution in [2.45, 2.75) is 149 Å². The molecule has 6 aliphatic rings. The second-order valence-electron chi connectivity index (χ2n) is 18.0. The van der Waals surface area contributed by atoms with E-state index >= 15 is 0 Å². The number of aliphatic hydroxyl groups is 6. The standard InChI is InChI=1S/C36H58O10/c1-31(2)15-19-18-8-9-22-34(6,33(18,5)12-13-36(19,30(43)44)24(39)16-31)11-10-21-32(3,4)25(14-23(38)35(21,22)7)46-29-28(42)27(41)26(40)20(17-37)45-29/h8,19-29,37-42H,9-17H2,1-7H3,(H,43,44)/t19-,20+,21-,22-,23-,24+,25-,26+,27-,28+,29-,33+,34+,35-,36-/m0/s1. The van der Waals surface area contributed by atoms with E-state index in [-0.39, 0.29) is 34.0 Å². The fourth-order valence-corrected chi connectivity index (χ4v) is 12.3. The summed E-state index contributed by atoms with van der Waals surface area (Å²) in [5.41, 5.74) is -1.58. The number of ether oxygens (including phenoxy) is 2. The summed E-state index contributed by atoms with van der Waals surface area (Å²) in [5, 5.41) is 75.2. The predicted molar refractivity (Wildman–Crippen MR) is 168 cm³/mol. The van der Waals surface area contributed by atoms with Crippen LogP contribution in [0.15, 0.2) is 11.6 Å². The molecule has 46 heavy (non-hydrogen) atoms. The quantitative estimate of drug-likeness (QED) is 0.177. The number of carboxylic acid groups (broad SMARTS) is 1. The van der Waals surface area contributed by atoms with Gasteiger partial charge in [0, 0.05) is 11.8 Å². The van der Waals surface area contributed by atoms with Gasteiger partial charge in [-0.25, -0.2) is 0 Å². The van der Waals surface area contributed by atoms with Gasteiger partial charge in [-0.3, -0.25) is 4.79 Å². The van der Waals surface area contributed by atoms with Crippen LogP contribution in [-0.4, -0.2) is 97.3 Å². The molecule has 0 unspecified atom stereocenters. The van der Waals surface area contributed by atoms with Crippen molar-refractivity contribution < 1.29 is 50.0 Å². The third kappa shape index (κ3) is 4.46. The molecule has 15 atom stereocenters. The smallest absolute Gasteiger partial charge is 0.312 e. The Morgan fingerprint density at radius 2 is 1.57 bits per heavy atom. The third-order valence-electron chi connectivity index (χ3n) is 15.3. The van der Waals surface area contributed by atoms with Crippen molar-refractivity contribution >= 4 is 5.97 Å². The highest BCUT2D eigenvalue weighted by molar-refractivity contribution is 5.77. The highest BCUT2D eigenvalue weighted by Gasteiger charge is 2.72. The maximum absolute atomic E-state index is 13.0. The van der Waals surface area contributed by atoms with Crippen LogP contribution in [-0.2, 0) is 14.3 Å². The zero-order chi connectivity index (χ0) is 34.0. The molecule has 1 saturated heterocycles. The number of carboxylic acids is 1. The molecule has 0 spiro atoms. The van der Waals surface area contributed by atoms with Crippen LogP contribution in [0.3, 0.4) is 0 Å². The monoisotopic (exact) mass is 650 g/mol. The van der Waals surface area contributed by atoms with Gasteiger partial charge in [0.05, 0.1) is 24.9 Å². The van der Waals surface area contributed by atoms with Crippen molar-refractivity contribution in [2.24, 2.45) is 50.2 Å². The van der Waals surface area contributed by atoms with Gasteiger partial charge in [0.25, 0.3) is 0 Å². The summed E-state index contributed by atoms with van der Waals surface area (Å²) in [4.78, 5) is 13.0. The summed E-state index contributed by atoms with van der Waals surface area (Å²) >= 11 is 0. The summed E-state index contributed by atoms with van der Waals surface area (Å²) in [6.45, 7) is 14.9. The molecule has 6 rings (SSSR count). The second kappa shape index (κ2) is 10.9. The van der Waals surface area contributed by atoms with E-state index in [9.17, 15) is 40.5 Å². The van der Waals surface area contributed by atoms with E-state index in [2.05, 4.69) is 54.5 Å². The molecule has 5 aliphatic carbocycles. The molecule has 0 amide bonds. The zero-order valence-corrected chi connectivity index (χ0v) is 28.6. The minimum absolute atomic E-state index is 0.0485. The number of rotatable bonds is 4. The maximum atomic E-state index is 13.0. The van der Waals surface area contributed by atoms with Gasteiger partial charge in [0.1, 0.15) is 29.8 Å². The largest absolute Gasteiger partial charge is 0.481 e. The summed E-state index contributed by atoms with van der Waals surface area (Å²) < 4.78 is 12.1. The Morgan fingerprint density at radius 1 is 0.891 bits per heavy atom. The molecule has 262 valence electrons. The van der Waals surface area contributed by atoms with Crippen LogP contribution >= 0.6 is 0 Å². The van der Waals surface area contributed by atoms with Crippen LogP contribution in [0.1, 0.15) is 99.8 Å². The topological polar surface area (TPSA) is 177 Å². The van der Waals surface area contributed by atoms with Crippen LogP contribution in [0.4, 0.5) is 0 Å². The summed E-state index contributed by atoms with van der Waals surface area (Å²) in [6, 6.07) is 0. The first-order valence-corrected chi connectivity index (χ1v) is 17.5. The molecule has 10 heteroatoms. The molecule has 0 aromatic rings. The van der Waals surface area contributed by atoms with Gasteiger partial charge in [0.2, 0.25) is 0 Å². The van der Waals surface area contributed by atoms with Crippen molar-refractivity contribution in [2.75, 3.05) is 6.61 Å². The number of hydrogen-bond acceptors (Lipinski definition) is 9. The molecule has 1 aliphatic heterocycles. The molecule has 0 radical (unpaired) electrons. The molecular formula is C36H58O10. The normalized spacial score (nSPS) is 54.4. The molecule has 5 fully saturated rings. The first-order chi connectivity index (χ1) is 21.2. The highest BCUT2D eigenvalue weighted by atomic mass is 16.7. The molecule has 10 nitrogen and oxygen atoms in total. The summed E-state index contributed by atoms with van der Waals surface area (Å²) in [6.07, 6.45) is -1.66. The molecule has 0 aromatic heterocycles. The van der Waals surface area contributed by atoms with E-state index in [0.29, 0.717) is 25.7 Å². The number of fused-ring (bicyclic) bond motifs is 7. The van der Waals surface area contributed by atoms with Gasteiger partial charge in [0.15, 0.2) is 6.29 Å². The van der Waals surface area contributed by atoms with Crippen LogP contribution in [0, 0.1) is 50.2 Å². The Balaban J connectivity index is 1.33. The van der Waals surface area contributed by atoms with Gasteiger partial charge >= 0.3 is 5.97 Å². The Labute approximate surface area is 273 Å². The minimum atomic E-state index is -1.54. The lowest BCUT2D eigenvalue weighted by Crippen LogP contribution is -2.69. The maximum Gasteiger partial charge on any atom is 0.312 e. The summed E-state index contributed by atoms with van der Waals surface area (Å²) in [5.74, 6) is -0.961. The third-order valence-corrected chi connectivity index (χ3v) is 15.3. The average Bonchev–Trinajstić information content (AvgIpc) is 2.95. The van der Waals surface area contributed by atoms with Gasteiger partial charge in [-0.1, -0.05) is 60.1 Å². The first kappa shape index (κ1) is 34.7. The van der Waals surface area contributed by atoms with E-state index in [4.69, 9.17) is 9.47 Å². The summed E-state index contributed by atoms with van der Waals surface area (Å²) in [7, 11) is 0. The van der Waals surface area contributed by atoms with Gasteiger partial charge in [-0.15, -0.1) is 0 Å². The Kier molecular flexibility index (Phi) is 8.27. The van der Waals surface area contributed by atoms with Crippen molar-refractivity contribution in [1.82, 2.24) is 0 Å².